The molecule has 3 nitrogen and oxygen atoms in total. The van der Waals surface area contributed by atoms with E-state index in [1.54, 1.807) is 12.2 Å². The monoisotopic (exact) mass is 205 g/mol. The first kappa shape index (κ1) is 10.1. The SMILES string of the molecule is CC(C)N1CC2(C=CC(=O)C=C2)CC1=O. The quantitative estimate of drug-likeness (QED) is 0.647. The third-order valence-electron chi connectivity index (χ3n) is 3.05. The minimum Gasteiger partial charge on any atom is -0.339 e. The van der Waals surface area contributed by atoms with Gasteiger partial charge >= 0.3 is 0 Å². The molecule has 1 fully saturated rings. The highest BCUT2D eigenvalue weighted by molar-refractivity contribution is 6.00. The Balaban J connectivity index is 2.21. The van der Waals surface area contributed by atoms with Crippen LogP contribution in [0.4, 0.5) is 0 Å². The van der Waals surface area contributed by atoms with Crippen LogP contribution in [0.5, 0.6) is 0 Å². The van der Waals surface area contributed by atoms with E-state index in [-0.39, 0.29) is 23.1 Å². The van der Waals surface area contributed by atoms with Gasteiger partial charge in [-0.3, -0.25) is 9.59 Å². The zero-order valence-corrected chi connectivity index (χ0v) is 9.06. The molecule has 0 bridgehead atoms. The first-order chi connectivity index (χ1) is 7.02. The van der Waals surface area contributed by atoms with Crippen molar-refractivity contribution in [1.29, 1.82) is 0 Å². The molecule has 15 heavy (non-hydrogen) atoms. The summed E-state index contributed by atoms with van der Waals surface area (Å²) < 4.78 is 0. The molecule has 1 heterocycles. The van der Waals surface area contributed by atoms with Crippen LogP contribution in [-0.4, -0.2) is 29.2 Å². The number of amides is 1. The minimum absolute atomic E-state index is 0.0103. The normalized spacial score (nSPS) is 23.5. The molecular weight excluding hydrogens is 190 g/mol. The molecule has 1 aliphatic heterocycles. The fourth-order valence-corrected chi connectivity index (χ4v) is 2.15. The molecule has 0 saturated carbocycles. The molecule has 0 N–H and O–H groups in total. The van der Waals surface area contributed by atoms with E-state index in [9.17, 15) is 9.59 Å². The average Bonchev–Trinajstić information content (AvgIpc) is 2.50. The van der Waals surface area contributed by atoms with E-state index >= 15 is 0 Å². The van der Waals surface area contributed by atoms with Gasteiger partial charge in [0.2, 0.25) is 5.91 Å². The highest BCUT2D eigenvalue weighted by Gasteiger charge is 2.41. The summed E-state index contributed by atoms with van der Waals surface area (Å²) in [5.74, 6) is 0.185. The standard InChI is InChI=1S/C12H15NO2/c1-9(2)13-8-12(7-11(13)15)5-3-10(14)4-6-12/h3-6,9H,7-8H2,1-2H3. The van der Waals surface area contributed by atoms with Gasteiger partial charge in [-0.05, 0) is 26.0 Å². The molecule has 1 aliphatic carbocycles. The Kier molecular flexibility index (Phi) is 2.25. The maximum atomic E-state index is 11.7. The Labute approximate surface area is 89.4 Å². The molecule has 0 unspecified atom stereocenters. The number of hydrogen-bond acceptors (Lipinski definition) is 2. The molecule has 0 aromatic rings. The van der Waals surface area contributed by atoms with E-state index in [1.807, 2.05) is 30.9 Å². The second-order valence-corrected chi connectivity index (χ2v) is 4.59. The minimum atomic E-state index is -0.227. The molecule has 80 valence electrons. The van der Waals surface area contributed by atoms with Gasteiger partial charge in [0, 0.05) is 24.4 Å². The topological polar surface area (TPSA) is 37.4 Å². The van der Waals surface area contributed by atoms with E-state index in [4.69, 9.17) is 0 Å². The largest absolute Gasteiger partial charge is 0.339 e. The summed E-state index contributed by atoms with van der Waals surface area (Å²) in [7, 11) is 0. The number of likely N-dealkylation sites (tertiary alicyclic amines) is 1. The van der Waals surface area contributed by atoms with Crippen molar-refractivity contribution in [3.8, 4) is 0 Å². The van der Waals surface area contributed by atoms with Crippen LogP contribution in [0.25, 0.3) is 0 Å². The maximum absolute atomic E-state index is 11.7. The first-order valence-corrected chi connectivity index (χ1v) is 5.24. The molecule has 1 spiro atoms. The first-order valence-electron chi connectivity index (χ1n) is 5.24. The molecular formula is C12H15NO2. The summed E-state index contributed by atoms with van der Waals surface area (Å²) in [5, 5.41) is 0. The van der Waals surface area contributed by atoms with Crippen LogP contribution in [0.2, 0.25) is 0 Å². The van der Waals surface area contributed by atoms with Gasteiger partial charge in [0.15, 0.2) is 5.78 Å². The average molecular weight is 205 g/mol. The van der Waals surface area contributed by atoms with Gasteiger partial charge in [0.25, 0.3) is 0 Å². The lowest BCUT2D eigenvalue weighted by atomic mass is 9.83. The van der Waals surface area contributed by atoms with Crippen molar-refractivity contribution in [2.75, 3.05) is 6.54 Å². The molecule has 2 aliphatic rings. The lowest BCUT2D eigenvalue weighted by molar-refractivity contribution is -0.129. The zero-order chi connectivity index (χ0) is 11.1. The van der Waals surface area contributed by atoms with Crippen molar-refractivity contribution in [3.63, 3.8) is 0 Å². The molecule has 0 aromatic carbocycles. The molecule has 0 radical (unpaired) electrons. The third kappa shape index (κ3) is 1.74. The number of carbonyl (C=O) groups excluding carboxylic acids is 2. The Morgan fingerprint density at radius 2 is 1.87 bits per heavy atom. The van der Waals surface area contributed by atoms with Gasteiger partial charge in [-0.25, -0.2) is 0 Å². The molecule has 3 heteroatoms. The van der Waals surface area contributed by atoms with Crippen LogP contribution in [0.15, 0.2) is 24.3 Å². The number of allylic oxidation sites excluding steroid dienone is 2. The lowest BCUT2D eigenvalue weighted by Crippen LogP contribution is -2.33. The molecule has 2 rings (SSSR count). The van der Waals surface area contributed by atoms with E-state index in [0.29, 0.717) is 13.0 Å². The summed E-state index contributed by atoms with van der Waals surface area (Å²) in [5.41, 5.74) is -0.227. The fourth-order valence-electron chi connectivity index (χ4n) is 2.15. The Bertz CT molecular complexity index is 350. The number of rotatable bonds is 1. The molecule has 0 aromatic heterocycles. The number of ketones is 1. The lowest BCUT2D eigenvalue weighted by Gasteiger charge is -2.25. The third-order valence-corrected chi connectivity index (χ3v) is 3.05. The van der Waals surface area contributed by atoms with Crippen molar-refractivity contribution < 1.29 is 9.59 Å². The summed E-state index contributed by atoms with van der Waals surface area (Å²) in [4.78, 5) is 24.6. The highest BCUT2D eigenvalue weighted by Crippen LogP contribution is 2.36. The van der Waals surface area contributed by atoms with Crippen LogP contribution in [-0.2, 0) is 9.59 Å². The van der Waals surface area contributed by atoms with Crippen molar-refractivity contribution in [2.45, 2.75) is 26.3 Å². The zero-order valence-electron chi connectivity index (χ0n) is 9.06. The van der Waals surface area contributed by atoms with E-state index in [0.717, 1.165) is 0 Å². The van der Waals surface area contributed by atoms with Gasteiger partial charge in [-0.1, -0.05) is 12.2 Å². The van der Waals surface area contributed by atoms with E-state index in [2.05, 4.69) is 0 Å². The van der Waals surface area contributed by atoms with E-state index < -0.39 is 0 Å². The van der Waals surface area contributed by atoms with E-state index in [1.165, 1.54) is 0 Å². The van der Waals surface area contributed by atoms with Crippen molar-refractivity contribution in [3.05, 3.63) is 24.3 Å². The highest BCUT2D eigenvalue weighted by atomic mass is 16.2. The fraction of sp³-hybridized carbons (Fsp3) is 0.500. The predicted molar refractivity (Wildman–Crippen MR) is 57.2 cm³/mol. The van der Waals surface area contributed by atoms with Crippen molar-refractivity contribution >= 4 is 11.7 Å². The number of carbonyl (C=O) groups is 2. The second-order valence-electron chi connectivity index (χ2n) is 4.59. The van der Waals surface area contributed by atoms with Gasteiger partial charge < -0.3 is 4.90 Å². The molecule has 1 saturated heterocycles. The van der Waals surface area contributed by atoms with Crippen LogP contribution in [0, 0.1) is 5.41 Å². The summed E-state index contributed by atoms with van der Waals surface area (Å²) in [6.45, 7) is 4.72. The van der Waals surface area contributed by atoms with Gasteiger partial charge in [-0.15, -0.1) is 0 Å². The number of hydrogen-bond donors (Lipinski definition) is 0. The smallest absolute Gasteiger partial charge is 0.224 e. The summed E-state index contributed by atoms with van der Waals surface area (Å²) in [6, 6.07) is 0.233. The Hall–Kier alpha value is -1.38. The van der Waals surface area contributed by atoms with Gasteiger partial charge in [0.1, 0.15) is 0 Å². The van der Waals surface area contributed by atoms with Crippen LogP contribution >= 0.6 is 0 Å². The predicted octanol–water partition coefficient (Wildman–Crippen LogP) is 1.31. The summed E-state index contributed by atoms with van der Waals surface area (Å²) >= 11 is 0. The van der Waals surface area contributed by atoms with Gasteiger partial charge in [0.05, 0.1) is 0 Å². The Morgan fingerprint density at radius 3 is 2.33 bits per heavy atom. The van der Waals surface area contributed by atoms with Crippen molar-refractivity contribution in [2.24, 2.45) is 5.41 Å². The number of nitrogens with zero attached hydrogens (tertiary/aromatic N) is 1. The molecule has 1 amide bonds. The summed E-state index contributed by atoms with van der Waals surface area (Å²) in [6.07, 6.45) is 7.37. The van der Waals surface area contributed by atoms with Crippen LogP contribution in [0.3, 0.4) is 0 Å². The van der Waals surface area contributed by atoms with Crippen molar-refractivity contribution in [1.82, 2.24) is 4.90 Å². The maximum Gasteiger partial charge on any atom is 0.224 e. The van der Waals surface area contributed by atoms with Gasteiger partial charge in [-0.2, -0.15) is 0 Å². The second kappa shape index (κ2) is 3.33. The molecule has 0 atom stereocenters. The van der Waals surface area contributed by atoms with Crippen LogP contribution in [0.1, 0.15) is 20.3 Å². The van der Waals surface area contributed by atoms with Crippen LogP contribution < -0.4 is 0 Å². The Morgan fingerprint density at radius 1 is 1.27 bits per heavy atom.